The molecular weight excluding hydrogens is 309 g/mol. The molecule has 0 aliphatic carbocycles. The molecule has 1 aromatic carbocycles. The second-order valence-electron chi connectivity index (χ2n) is 4.10. The minimum Gasteiger partial charge on any atom is -0.368 e. The standard InChI is InChI=1S/C11H9F7N2O/c12-7-2-5(1-6(3-7)11(16,17)18)8(9(19)21)20-4-10(13,14)15/h1-3,8,20H,4H2,(H2,19,21). The molecule has 21 heavy (non-hydrogen) atoms. The van der Waals surface area contributed by atoms with E-state index < -0.39 is 47.8 Å². The molecule has 1 unspecified atom stereocenters. The van der Waals surface area contributed by atoms with Gasteiger partial charge in [-0.3, -0.25) is 10.1 Å². The number of primary amides is 1. The van der Waals surface area contributed by atoms with Crippen LogP contribution in [0.2, 0.25) is 0 Å². The first-order chi connectivity index (χ1) is 9.40. The van der Waals surface area contributed by atoms with Gasteiger partial charge in [0.25, 0.3) is 0 Å². The monoisotopic (exact) mass is 318 g/mol. The summed E-state index contributed by atoms with van der Waals surface area (Å²) < 4.78 is 86.9. The Morgan fingerprint density at radius 2 is 1.71 bits per heavy atom. The number of rotatable bonds is 4. The average molecular weight is 318 g/mol. The first-order valence-electron chi connectivity index (χ1n) is 5.37. The Morgan fingerprint density at radius 1 is 1.14 bits per heavy atom. The fourth-order valence-electron chi connectivity index (χ4n) is 1.54. The molecule has 1 atom stereocenters. The van der Waals surface area contributed by atoms with Gasteiger partial charge in [0.1, 0.15) is 11.9 Å². The zero-order chi connectivity index (χ0) is 16.4. The molecule has 0 bridgehead atoms. The molecule has 0 fully saturated rings. The molecule has 0 saturated heterocycles. The van der Waals surface area contributed by atoms with Crippen LogP contribution in [0, 0.1) is 5.82 Å². The third kappa shape index (κ3) is 5.21. The van der Waals surface area contributed by atoms with Crippen LogP contribution in [0.1, 0.15) is 17.2 Å². The average Bonchev–Trinajstić information content (AvgIpc) is 2.25. The lowest BCUT2D eigenvalue weighted by Gasteiger charge is -2.18. The van der Waals surface area contributed by atoms with E-state index in [2.05, 4.69) is 0 Å². The smallest absolute Gasteiger partial charge is 0.368 e. The SMILES string of the molecule is NC(=O)C(NCC(F)(F)F)c1cc(F)cc(C(F)(F)F)c1. The summed E-state index contributed by atoms with van der Waals surface area (Å²) in [6.45, 7) is -1.67. The van der Waals surface area contributed by atoms with Gasteiger partial charge in [0.2, 0.25) is 5.91 Å². The van der Waals surface area contributed by atoms with E-state index in [0.29, 0.717) is 12.1 Å². The van der Waals surface area contributed by atoms with Crippen molar-refractivity contribution in [3.63, 3.8) is 0 Å². The number of alkyl halides is 6. The Hall–Kier alpha value is -1.84. The normalized spacial score (nSPS) is 14.0. The molecule has 0 heterocycles. The van der Waals surface area contributed by atoms with E-state index in [1.54, 1.807) is 5.32 Å². The fourth-order valence-corrected chi connectivity index (χ4v) is 1.54. The molecule has 118 valence electrons. The van der Waals surface area contributed by atoms with Crippen LogP contribution in [0.3, 0.4) is 0 Å². The number of benzene rings is 1. The Bertz CT molecular complexity index is 524. The maximum Gasteiger partial charge on any atom is 0.416 e. The van der Waals surface area contributed by atoms with Crippen LogP contribution in [0.15, 0.2) is 18.2 Å². The summed E-state index contributed by atoms with van der Waals surface area (Å²) >= 11 is 0. The van der Waals surface area contributed by atoms with Crippen LogP contribution in [-0.2, 0) is 11.0 Å². The highest BCUT2D eigenvalue weighted by molar-refractivity contribution is 5.81. The summed E-state index contributed by atoms with van der Waals surface area (Å²) in [7, 11) is 0. The number of nitrogens with one attached hydrogen (secondary N) is 1. The molecule has 0 radical (unpaired) electrons. The minimum atomic E-state index is -4.91. The molecule has 0 aliphatic heterocycles. The highest BCUT2D eigenvalue weighted by atomic mass is 19.4. The van der Waals surface area contributed by atoms with E-state index >= 15 is 0 Å². The number of amides is 1. The van der Waals surface area contributed by atoms with Crippen molar-refractivity contribution in [2.75, 3.05) is 6.54 Å². The molecular formula is C11H9F7N2O. The maximum absolute atomic E-state index is 13.2. The number of hydrogen-bond donors (Lipinski definition) is 2. The third-order valence-electron chi connectivity index (χ3n) is 2.37. The van der Waals surface area contributed by atoms with Crippen molar-refractivity contribution in [3.8, 4) is 0 Å². The van der Waals surface area contributed by atoms with Gasteiger partial charge in [0.05, 0.1) is 12.1 Å². The van der Waals surface area contributed by atoms with E-state index in [1.165, 1.54) is 0 Å². The van der Waals surface area contributed by atoms with Crippen LogP contribution in [0.4, 0.5) is 30.7 Å². The van der Waals surface area contributed by atoms with Crippen LogP contribution in [0.25, 0.3) is 0 Å². The number of hydrogen-bond acceptors (Lipinski definition) is 2. The summed E-state index contributed by atoms with van der Waals surface area (Å²) in [5, 5.41) is 1.65. The summed E-state index contributed by atoms with van der Waals surface area (Å²) in [5.74, 6) is -2.71. The number of halogens is 7. The maximum atomic E-state index is 13.2. The quantitative estimate of drug-likeness (QED) is 0.838. The summed E-state index contributed by atoms with van der Waals surface area (Å²) in [6.07, 6.45) is -9.63. The molecule has 0 aromatic heterocycles. The van der Waals surface area contributed by atoms with Crippen molar-refractivity contribution in [2.45, 2.75) is 18.4 Å². The summed E-state index contributed by atoms with van der Waals surface area (Å²) in [4.78, 5) is 11.1. The third-order valence-corrected chi connectivity index (χ3v) is 2.37. The van der Waals surface area contributed by atoms with Crippen LogP contribution in [-0.4, -0.2) is 18.6 Å². The predicted octanol–water partition coefficient (Wildman–Crippen LogP) is 2.52. The number of nitrogens with two attached hydrogens (primary N) is 1. The van der Waals surface area contributed by atoms with E-state index in [0.717, 1.165) is 0 Å². The lowest BCUT2D eigenvalue weighted by molar-refractivity contribution is -0.138. The first-order valence-corrected chi connectivity index (χ1v) is 5.37. The van der Waals surface area contributed by atoms with Crippen LogP contribution >= 0.6 is 0 Å². The highest BCUT2D eigenvalue weighted by Gasteiger charge is 2.34. The van der Waals surface area contributed by atoms with Crippen molar-refractivity contribution in [3.05, 3.63) is 35.1 Å². The Balaban J connectivity index is 3.14. The molecule has 3 nitrogen and oxygen atoms in total. The van der Waals surface area contributed by atoms with Gasteiger partial charge in [-0.25, -0.2) is 4.39 Å². The van der Waals surface area contributed by atoms with Crippen molar-refractivity contribution >= 4 is 5.91 Å². The van der Waals surface area contributed by atoms with Gasteiger partial charge in [0.15, 0.2) is 0 Å². The van der Waals surface area contributed by atoms with E-state index in [-0.39, 0.29) is 6.07 Å². The topological polar surface area (TPSA) is 55.1 Å². The van der Waals surface area contributed by atoms with Crippen molar-refractivity contribution in [1.82, 2.24) is 5.32 Å². The Kier molecular flexibility index (Phi) is 4.82. The summed E-state index contributed by atoms with van der Waals surface area (Å²) in [6, 6.07) is -0.871. The largest absolute Gasteiger partial charge is 0.416 e. The second-order valence-corrected chi connectivity index (χ2v) is 4.10. The molecule has 0 spiro atoms. The highest BCUT2D eigenvalue weighted by Crippen LogP contribution is 2.31. The Labute approximate surface area is 113 Å². The molecule has 1 aromatic rings. The van der Waals surface area contributed by atoms with Gasteiger partial charge in [0, 0.05) is 0 Å². The minimum absolute atomic E-state index is 0.158. The lowest BCUT2D eigenvalue weighted by atomic mass is 10.0. The van der Waals surface area contributed by atoms with Gasteiger partial charge in [-0.05, 0) is 23.8 Å². The van der Waals surface area contributed by atoms with Gasteiger partial charge in [-0.2, -0.15) is 26.3 Å². The fraction of sp³-hybridized carbons (Fsp3) is 0.364. The predicted molar refractivity (Wildman–Crippen MR) is 57.4 cm³/mol. The van der Waals surface area contributed by atoms with E-state index in [1.807, 2.05) is 0 Å². The zero-order valence-electron chi connectivity index (χ0n) is 10.1. The second kappa shape index (κ2) is 5.88. The van der Waals surface area contributed by atoms with Crippen molar-refractivity contribution < 1.29 is 35.5 Å². The molecule has 1 rings (SSSR count). The van der Waals surface area contributed by atoms with Crippen molar-refractivity contribution in [2.24, 2.45) is 5.73 Å². The molecule has 3 N–H and O–H groups in total. The zero-order valence-corrected chi connectivity index (χ0v) is 10.1. The van der Waals surface area contributed by atoms with E-state index in [4.69, 9.17) is 5.73 Å². The Morgan fingerprint density at radius 3 is 2.14 bits per heavy atom. The number of carbonyl (C=O) groups is 1. The molecule has 0 aliphatic rings. The van der Waals surface area contributed by atoms with Crippen molar-refractivity contribution in [1.29, 1.82) is 0 Å². The molecule has 1 amide bonds. The van der Waals surface area contributed by atoms with Gasteiger partial charge in [-0.1, -0.05) is 0 Å². The van der Waals surface area contributed by atoms with Gasteiger partial charge < -0.3 is 5.73 Å². The first kappa shape index (κ1) is 17.2. The molecule has 0 saturated carbocycles. The number of carbonyl (C=O) groups excluding carboxylic acids is 1. The van der Waals surface area contributed by atoms with Crippen LogP contribution < -0.4 is 11.1 Å². The van der Waals surface area contributed by atoms with Gasteiger partial charge >= 0.3 is 12.4 Å². The lowest BCUT2D eigenvalue weighted by Crippen LogP contribution is -2.39. The van der Waals surface area contributed by atoms with Crippen LogP contribution in [0.5, 0.6) is 0 Å². The van der Waals surface area contributed by atoms with Gasteiger partial charge in [-0.15, -0.1) is 0 Å². The molecule has 10 heteroatoms. The summed E-state index contributed by atoms with van der Waals surface area (Å²) in [5.41, 5.74) is 2.76. The van der Waals surface area contributed by atoms with E-state index in [9.17, 15) is 35.5 Å².